The second-order valence-electron chi connectivity index (χ2n) is 6.27. The Bertz CT molecular complexity index is 933. The van der Waals surface area contributed by atoms with E-state index in [0.717, 1.165) is 12.1 Å². The lowest BCUT2D eigenvalue weighted by Crippen LogP contribution is -2.83. The Balaban J connectivity index is 1.88. The van der Waals surface area contributed by atoms with E-state index >= 15 is 0 Å². The summed E-state index contributed by atoms with van der Waals surface area (Å²) in [5.74, 6) is 2.01. The Kier molecular flexibility index (Phi) is 4.31. The number of nitrogens with two attached hydrogens (primary N) is 1. The molecule has 0 saturated carbocycles. The van der Waals surface area contributed by atoms with Crippen LogP contribution in [0.15, 0.2) is 54.7 Å². The molecule has 1 aromatic heterocycles. The van der Waals surface area contributed by atoms with E-state index in [9.17, 15) is 0 Å². The van der Waals surface area contributed by atoms with E-state index in [-0.39, 0.29) is 6.04 Å². The molecule has 1 aliphatic rings. The topological polar surface area (TPSA) is 49.2 Å². The SMILES string of the molecule is COc1ccc([C@@H]2[NH2+]Cc3ccccc3-n3cccc32)c(OC)c1OC. The fourth-order valence-corrected chi connectivity index (χ4v) is 3.81. The van der Waals surface area contributed by atoms with Crippen LogP contribution in [0.2, 0.25) is 0 Å². The lowest BCUT2D eigenvalue weighted by atomic mass is 10.0. The maximum atomic E-state index is 5.74. The Morgan fingerprint density at radius 2 is 1.69 bits per heavy atom. The average molecular weight is 351 g/mol. The second-order valence-corrected chi connectivity index (χ2v) is 6.27. The van der Waals surface area contributed by atoms with Gasteiger partial charge in [0.25, 0.3) is 0 Å². The maximum Gasteiger partial charge on any atom is 0.203 e. The first-order valence-electron chi connectivity index (χ1n) is 8.66. The molecule has 3 aromatic rings. The molecule has 1 aliphatic heterocycles. The largest absolute Gasteiger partial charge is 0.493 e. The normalized spacial score (nSPS) is 15.6. The zero-order valence-electron chi connectivity index (χ0n) is 15.2. The van der Waals surface area contributed by atoms with Gasteiger partial charge < -0.3 is 24.1 Å². The minimum atomic E-state index is 0.0900. The lowest BCUT2D eigenvalue weighted by Gasteiger charge is -2.20. The van der Waals surface area contributed by atoms with E-state index in [2.05, 4.69) is 58.5 Å². The van der Waals surface area contributed by atoms with Gasteiger partial charge >= 0.3 is 0 Å². The highest BCUT2D eigenvalue weighted by molar-refractivity contribution is 5.58. The highest BCUT2D eigenvalue weighted by Crippen LogP contribution is 2.43. The van der Waals surface area contributed by atoms with Crippen molar-refractivity contribution in [2.75, 3.05) is 21.3 Å². The van der Waals surface area contributed by atoms with Crippen LogP contribution in [0.5, 0.6) is 17.2 Å². The molecule has 2 N–H and O–H groups in total. The van der Waals surface area contributed by atoms with E-state index in [1.165, 1.54) is 16.9 Å². The molecule has 0 bridgehead atoms. The molecule has 2 aromatic carbocycles. The molecule has 4 rings (SSSR count). The third-order valence-electron chi connectivity index (χ3n) is 4.99. The van der Waals surface area contributed by atoms with Crippen LogP contribution in [0.25, 0.3) is 5.69 Å². The summed E-state index contributed by atoms with van der Waals surface area (Å²) in [5, 5.41) is 2.33. The summed E-state index contributed by atoms with van der Waals surface area (Å²) in [6.07, 6.45) is 2.12. The summed E-state index contributed by atoms with van der Waals surface area (Å²) in [4.78, 5) is 0. The molecular formula is C21H23N2O3+. The first kappa shape index (κ1) is 16.5. The van der Waals surface area contributed by atoms with Crippen LogP contribution in [0.4, 0.5) is 0 Å². The van der Waals surface area contributed by atoms with Crippen molar-refractivity contribution in [2.45, 2.75) is 12.6 Å². The highest BCUT2D eigenvalue weighted by Gasteiger charge is 2.30. The third kappa shape index (κ3) is 2.52. The first-order chi connectivity index (χ1) is 12.8. The second kappa shape index (κ2) is 6.77. The molecule has 5 heteroatoms. The van der Waals surface area contributed by atoms with Gasteiger partial charge in [0, 0.05) is 11.8 Å². The van der Waals surface area contributed by atoms with Gasteiger partial charge in [-0.2, -0.15) is 0 Å². The Labute approximate surface area is 153 Å². The van der Waals surface area contributed by atoms with Crippen molar-refractivity contribution in [3.63, 3.8) is 0 Å². The van der Waals surface area contributed by atoms with Gasteiger partial charge in [0.15, 0.2) is 17.5 Å². The number of benzene rings is 2. The smallest absolute Gasteiger partial charge is 0.203 e. The van der Waals surface area contributed by atoms with Crippen LogP contribution < -0.4 is 19.5 Å². The summed E-state index contributed by atoms with van der Waals surface area (Å²) in [7, 11) is 4.95. The lowest BCUT2D eigenvalue weighted by molar-refractivity contribution is -0.702. The van der Waals surface area contributed by atoms with E-state index < -0.39 is 0 Å². The number of rotatable bonds is 4. The van der Waals surface area contributed by atoms with E-state index in [0.29, 0.717) is 17.2 Å². The van der Waals surface area contributed by atoms with Gasteiger partial charge in [0.2, 0.25) is 5.75 Å². The first-order valence-corrected chi connectivity index (χ1v) is 8.66. The Morgan fingerprint density at radius 1 is 0.885 bits per heavy atom. The summed E-state index contributed by atoms with van der Waals surface area (Å²) in [6, 6.07) is 16.9. The molecule has 5 nitrogen and oxygen atoms in total. The minimum Gasteiger partial charge on any atom is -0.493 e. The van der Waals surface area contributed by atoms with Crippen molar-refractivity contribution in [3.05, 3.63) is 71.5 Å². The van der Waals surface area contributed by atoms with Crippen LogP contribution in [0, 0.1) is 0 Å². The molecule has 0 unspecified atom stereocenters. The summed E-state index contributed by atoms with van der Waals surface area (Å²) in [6.45, 7) is 0.889. The predicted octanol–water partition coefficient (Wildman–Crippen LogP) is 2.67. The quantitative estimate of drug-likeness (QED) is 0.786. The number of fused-ring (bicyclic) bond motifs is 3. The fourth-order valence-electron chi connectivity index (χ4n) is 3.81. The molecule has 0 saturated heterocycles. The predicted molar refractivity (Wildman–Crippen MR) is 99.3 cm³/mol. The van der Waals surface area contributed by atoms with Crippen LogP contribution >= 0.6 is 0 Å². The van der Waals surface area contributed by atoms with Crippen LogP contribution in [0.1, 0.15) is 22.9 Å². The van der Waals surface area contributed by atoms with Crippen molar-refractivity contribution in [3.8, 4) is 22.9 Å². The van der Waals surface area contributed by atoms with Crippen molar-refractivity contribution in [2.24, 2.45) is 0 Å². The molecule has 134 valence electrons. The molecule has 0 fully saturated rings. The average Bonchev–Trinajstić information content (AvgIpc) is 3.11. The van der Waals surface area contributed by atoms with Crippen LogP contribution in [0.3, 0.4) is 0 Å². The number of hydrogen-bond acceptors (Lipinski definition) is 3. The third-order valence-corrected chi connectivity index (χ3v) is 4.99. The summed E-state index contributed by atoms with van der Waals surface area (Å²) >= 11 is 0. The van der Waals surface area contributed by atoms with Gasteiger partial charge in [-0.3, -0.25) is 0 Å². The molecule has 0 radical (unpaired) electrons. The number of methoxy groups -OCH3 is 3. The monoisotopic (exact) mass is 351 g/mol. The van der Waals surface area contributed by atoms with Crippen molar-refractivity contribution in [1.82, 2.24) is 4.57 Å². The van der Waals surface area contributed by atoms with Gasteiger partial charge in [0.05, 0.1) is 38.3 Å². The minimum absolute atomic E-state index is 0.0900. The molecule has 26 heavy (non-hydrogen) atoms. The number of aromatic nitrogens is 1. The summed E-state index contributed by atoms with van der Waals surface area (Å²) in [5.41, 5.74) is 4.82. The van der Waals surface area contributed by atoms with Crippen molar-refractivity contribution in [1.29, 1.82) is 0 Å². The molecule has 1 atom stereocenters. The van der Waals surface area contributed by atoms with Gasteiger partial charge in [-0.05, 0) is 30.3 Å². The molecular weight excluding hydrogens is 328 g/mol. The Hall–Kier alpha value is -2.92. The number of nitrogens with zero attached hydrogens (tertiary/aromatic N) is 1. The number of ether oxygens (including phenoxy) is 3. The van der Waals surface area contributed by atoms with E-state index in [1.807, 2.05) is 6.07 Å². The zero-order chi connectivity index (χ0) is 18.1. The van der Waals surface area contributed by atoms with Crippen molar-refractivity contribution >= 4 is 0 Å². The highest BCUT2D eigenvalue weighted by atomic mass is 16.5. The van der Waals surface area contributed by atoms with Crippen LogP contribution in [-0.4, -0.2) is 25.9 Å². The number of quaternary nitrogens is 1. The van der Waals surface area contributed by atoms with E-state index in [1.54, 1.807) is 21.3 Å². The number of para-hydroxylation sites is 1. The maximum absolute atomic E-state index is 5.74. The Morgan fingerprint density at radius 3 is 2.46 bits per heavy atom. The molecule has 2 heterocycles. The van der Waals surface area contributed by atoms with Gasteiger partial charge in [-0.25, -0.2) is 0 Å². The van der Waals surface area contributed by atoms with Gasteiger partial charge in [-0.1, -0.05) is 18.2 Å². The number of hydrogen-bond donors (Lipinski definition) is 1. The standard InChI is InChI=1S/C21H22N2O3/c1-24-18-11-10-15(20(25-2)21(18)26-3)19-17-9-6-12-23(17)16-8-5-4-7-14(16)13-22-19/h4-12,19,22H,13H2,1-3H3/p+1/t19-/m0/s1. The van der Waals surface area contributed by atoms with Gasteiger partial charge in [0.1, 0.15) is 6.54 Å². The molecule has 0 spiro atoms. The summed E-state index contributed by atoms with van der Waals surface area (Å²) < 4.78 is 19.0. The van der Waals surface area contributed by atoms with Crippen molar-refractivity contribution < 1.29 is 19.5 Å². The molecule has 0 amide bonds. The molecule has 0 aliphatic carbocycles. The van der Waals surface area contributed by atoms with Crippen LogP contribution in [-0.2, 0) is 6.54 Å². The van der Waals surface area contributed by atoms with Gasteiger partial charge in [-0.15, -0.1) is 0 Å². The zero-order valence-corrected chi connectivity index (χ0v) is 15.2. The van der Waals surface area contributed by atoms with E-state index in [4.69, 9.17) is 14.2 Å². The fraction of sp³-hybridized carbons (Fsp3) is 0.238.